The number of allylic oxidation sites excluding steroid dienone is 2. The Morgan fingerprint density at radius 2 is 1.77 bits per heavy atom. The number of nitrogens with zero attached hydrogens (tertiary/aromatic N) is 3. The number of hydrogen-bond donors (Lipinski definition) is 0. The average Bonchev–Trinajstić information content (AvgIpc) is 3.15. The van der Waals surface area contributed by atoms with E-state index in [9.17, 15) is 9.59 Å². The highest BCUT2D eigenvalue weighted by Crippen LogP contribution is 2.70. The molecule has 1 saturated carbocycles. The first-order valence-corrected chi connectivity index (χ1v) is 7.74. The van der Waals surface area contributed by atoms with Crippen LogP contribution in [-0.4, -0.2) is 13.9 Å². The predicted molar refractivity (Wildman–Crippen MR) is 82.3 cm³/mol. The second kappa shape index (κ2) is 3.54. The molecule has 2 aliphatic heterocycles. The van der Waals surface area contributed by atoms with Gasteiger partial charge >= 0.3 is 11.4 Å². The van der Waals surface area contributed by atoms with Crippen molar-refractivity contribution in [3.05, 3.63) is 62.9 Å². The molecule has 1 aromatic carbocycles. The SMILES string of the molecule is CC1=C[C@H]2[C@@H]3C[C@]3(C)[C@@H]1n1c(=O)n(-c3ccccc3)c(=O)n12. The van der Waals surface area contributed by atoms with Crippen molar-refractivity contribution in [1.82, 2.24) is 13.9 Å². The molecule has 112 valence electrons. The monoisotopic (exact) mass is 295 g/mol. The zero-order valence-electron chi connectivity index (χ0n) is 12.6. The summed E-state index contributed by atoms with van der Waals surface area (Å²) >= 11 is 0. The van der Waals surface area contributed by atoms with E-state index in [4.69, 9.17) is 0 Å². The molecule has 0 amide bonds. The van der Waals surface area contributed by atoms with Crippen molar-refractivity contribution in [3.8, 4) is 5.69 Å². The summed E-state index contributed by atoms with van der Waals surface area (Å²) in [5.41, 5.74) is 1.56. The summed E-state index contributed by atoms with van der Waals surface area (Å²) in [6.45, 7) is 4.32. The van der Waals surface area contributed by atoms with Gasteiger partial charge in [-0.2, -0.15) is 0 Å². The molecule has 6 rings (SSSR count). The molecular formula is C17H17N3O2. The summed E-state index contributed by atoms with van der Waals surface area (Å²) in [7, 11) is 0. The Labute approximate surface area is 127 Å². The minimum atomic E-state index is -0.219. The minimum absolute atomic E-state index is 0.0210. The first-order valence-electron chi connectivity index (χ1n) is 7.74. The van der Waals surface area contributed by atoms with Crippen LogP contribution in [0.1, 0.15) is 32.4 Å². The summed E-state index contributed by atoms with van der Waals surface area (Å²) in [5.74, 6) is 0.491. The van der Waals surface area contributed by atoms with Gasteiger partial charge in [0, 0.05) is 0 Å². The van der Waals surface area contributed by atoms with Crippen LogP contribution in [0, 0.1) is 11.3 Å². The summed E-state index contributed by atoms with van der Waals surface area (Å²) in [5, 5.41) is 0. The standard InChI is InChI=1S/C17H17N3O2/c1-10-8-13-12-9-17(12,2)14(10)20-16(22)18(15(21)19(13)20)11-6-4-3-5-7-11/h3-8,12-14H,9H2,1-2H3/t12-,13-,14+,17-/m0/s1. The van der Waals surface area contributed by atoms with E-state index in [1.54, 1.807) is 21.5 Å². The van der Waals surface area contributed by atoms with Gasteiger partial charge in [-0.15, -0.1) is 0 Å². The Kier molecular flexibility index (Phi) is 1.97. The molecule has 3 heterocycles. The van der Waals surface area contributed by atoms with Crippen LogP contribution >= 0.6 is 0 Å². The van der Waals surface area contributed by atoms with Crippen molar-refractivity contribution >= 4 is 0 Å². The van der Waals surface area contributed by atoms with E-state index < -0.39 is 0 Å². The lowest BCUT2D eigenvalue weighted by molar-refractivity contribution is 0.168. The molecule has 0 unspecified atom stereocenters. The number of benzene rings is 1. The van der Waals surface area contributed by atoms with Gasteiger partial charge in [0.25, 0.3) is 0 Å². The van der Waals surface area contributed by atoms with Crippen molar-refractivity contribution in [3.63, 3.8) is 0 Å². The topological polar surface area (TPSA) is 48.9 Å². The first kappa shape index (κ1) is 12.3. The van der Waals surface area contributed by atoms with Crippen molar-refractivity contribution in [2.45, 2.75) is 32.4 Å². The second-order valence-corrected chi connectivity index (χ2v) is 7.05. The molecule has 5 heteroatoms. The summed E-state index contributed by atoms with van der Waals surface area (Å²) in [6, 6.07) is 9.24. The zero-order chi connectivity index (χ0) is 15.2. The minimum Gasteiger partial charge on any atom is -0.245 e. The molecule has 1 aromatic heterocycles. The number of aromatic nitrogens is 3. The molecule has 0 saturated heterocycles. The third-order valence-corrected chi connectivity index (χ3v) is 5.80. The fraction of sp³-hybridized carbons (Fsp3) is 0.412. The molecule has 4 aliphatic rings. The highest BCUT2D eigenvalue weighted by Gasteiger charge is 2.66. The van der Waals surface area contributed by atoms with E-state index in [1.807, 2.05) is 18.2 Å². The number of rotatable bonds is 1. The largest absolute Gasteiger partial charge is 0.352 e. The lowest BCUT2D eigenvalue weighted by Gasteiger charge is -2.40. The van der Waals surface area contributed by atoms with Gasteiger partial charge in [-0.05, 0) is 36.8 Å². The van der Waals surface area contributed by atoms with Crippen LogP contribution in [-0.2, 0) is 0 Å². The van der Waals surface area contributed by atoms with Crippen LogP contribution in [0.25, 0.3) is 5.69 Å². The summed E-state index contributed by atoms with van der Waals surface area (Å²) < 4.78 is 4.70. The Balaban J connectivity index is 1.84. The molecule has 1 fully saturated rings. The zero-order valence-corrected chi connectivity index (χ0v) is 12.6. The Bertz CT molecular complexity index is 947. The normalized spacial score (nSPS) is 34.1. The fourth-order valence-corrected chi connectivity index (χ4v) is 4.73. The van der Waals surface area contributed by atoms with Crippen molar-refractivity contribution < 1.29 is 0 Å². The molecule has 4 atom stereocenters. The van der Waals surface area contributed by atoms with E-state index in [0.717, 1.165) is 6.42 Å². The highest BCUT2D eigenvalue weighted by molar-refractivity contribution is 5.34. The molecular weight excluding hydrogens is 278 g/mol. The number of hydrogen-bond acceptors (Lipinski definition) is 2. The fourth-order valence-electron chi connectivity index (χ4n) is 4.73. The predicted octanol–water partition coefficient (Wildman–Crippen LogP) is 1.88. The molecule has 2 aromatic rings. The summed E-state index contributed by atoms with van der Waals surface area (Å²) in [4.78, 5) is 25.8. The van der Waals surface area contributed by atoms with E-state index in [2.05, 4.69) is 19.9 Å². The third-order valence-electron chi connectivity index (χ3n) is 5.80. The van der Waals surface area contributed by atoms with Crippen LogP contribution in [0.5, 0.6) is 0 Å². The average molecular weight is 295 g/mol. The highest BCUT2D eigenvalue weighted by atomic mass is 16.2. The van der Waals surface area contributed by atoms with Crippen LogP contribution in [0.15, 0.2) is 51.6 Å². The smallest absolute Gasteiger partial charge is 0.245 e. The summed E-state index contributed by atoms with van der Waals surface area (Å²) in [6.07, 6.45) is 3.27. The van der Waals surface area contributed by atoms with Gasteiger partial charge in [0.15, 0.2) is 0 Å². The Hall–Kier alpha value is -2.30. The van der Waals surface area contributed by atoms with Crippen LogP contribution in [0.3, 0.4) is 0 Å². The lowest BCUT2D eigenvalue weighted by Crippen LogP contribution is -2.45. The van der Waals surface area contributed by atoms with Gasteiger partial charge in [0.2, 0.25) is 0 Å². The van der Waals surface area contributed by atoms with Crippen LogP contribution < -0.4 is 11.4 Å². The molecule has 2 bridgehead atoms. The second-order valence-electron chi connectivity index (χ2n) is 7.05. The first-order chi connectivity index (χ1) is 10.5. The molecule has 0 N–H and O–H groups in total. The van der Waals surface area contributed by atoms with Crippen LogP contribution in [0.2, 0.25) is 0 Å². The van der Waals surface area contributed by atoms with Crippen LogP contribution in [0.4, 0.5) is 0 Å². The maximum atomic E-state index is 13.0. The van der Waals surface area contributed by atoms with E-state index in [1.165, 1.54) is 10.1 Å². The maximum absolute atomic E-state index is 13.0. The molecule has 0 radical (unpaired) electrons. The van der Waals surface area contributed by atoms with Gasteiger partial charge in [0.1, 0.15) is 0 Å². The van der Waals surface area contributed by atoms with Gasteiger partial charge in [0.05, 0.1) is 17.8 Å². The van der Waals surface area contributed by atoms with E-state index in [-0.39, 0.29) is 28.9 Å². The maximum Gasteiger partial charge on any atom is 0.352 e. The molecule has 5 nitrogen and oxygen atoms in total. The van der Waals surface area contributed by atoms with Crippen molar-refractivity contribution in [2.75, 3.05) is 0 Å². The molecule has 0 spiro atoms. The van der Waals surface area contributed by atoms with Gasteiger partial charge < -0.3 is 0 Å². The lowest BCUT2D eigenvalue weighted by atomic mass is 9.81. The third kappa shape index (κ3) is 1.18. The van der Waals surface area contributed by atoms with Gasteiger partial charge in [-0.1, -0.05) is 36.8 Å². The Morgan fingerprint density at radius 3 is 2.50 bits per heavy atom. The van der Waals surface area contributed by atoms with Crippen molar-refractivity contribution in [1.29, 1.82) is 0 Å². The molecule has 2 aliphatic carbocycles. The number of para-hydroxylation sites is 1. The van der Waals surface area contributed by atoms with Gasteiger partial charge in [-0.3, -0.25) is 0 Å². The van der Waals surface area contributed by atoms with E-state index >= 15 is 0 Å². The molecule has 22 heavy (non-hydrogen) atoms. The van der Waals surface area contributed by atoms with E-state index in [0.29, 0.717) is 11.6 Å². The van der Waals surface area contributed by atoms with Crippen molar-refractivity contribution in [2.24, 2.45) is 11.3 Å². The Morgan fingerprint density at radius 1 is 1.09 bits per heavy atom. The van der Waals surface area contributed by atoms with Gasteiger partial charge in [-0.25, -0.2) is 23.5 Å². The quantitative estimate of drug-likeness (QED) is 0.754.